The van der Waals surface area contributed by atoms with Gasteiger partial charge in [-0.15, -0.1) is 0 Å². The van der Waals surface area contributed by atoms with Crippen LogP contribution in [0.4, 0.5) is 0 Å². The van der Waals surface area contributed by atoms with E-state index in [1.54, 1.807) is 0 Å². The summed E-state index contributed by atoms with van der Waals surface area (Å²) in [4.78, 5) is 0. The number of benzene rings is 1. The lowest BCUT2D eigenvalue weighted by Gasteiger charge is -2.11. The molecule has 3 heteroatoms. The minimum absolute atomic E-state index is 0.561. The van der Waals surface area contributed by atoms with Crippen molar-refractivity contribution in [1.82, 2.24) is 5.32 Å². The molecule has 1 unspecified atom stereocenters. The maximum absolute atomic E-state index is 5.62. The molecular formula is C12H18BrNO. The maximum Gasteiger partial charge on any atom is 0.0717 e. The lowest BCUT2D eigenvalue weighted by Crippen LogP contribution is -2.20. The van der Waals surface area contributed by atoms with Crippen molar-refractivity contribution in [3.8, 4) is 0 Å². The summed E-state index contributed by atoms with van der Waals surface area (Å²) in [5.41, 5.74) is 1.22. The second-order valence-electron chi connectivity index (χ2n) is 3.80. The van der Waals surface area contributed by atoms with Gasteiger partial charge in [0.05, 0.1) is 13.2 Å². The Labute approximate surface area is 100 Å². The van der Waals surface area contributed by atoms with Crippen LogP contribution < -0.4 is 5.32 Å². The first-order chi connectivity index (χ1) is 7.22. The van der Waals surface area contributed by atoms with Crippen LogP contribution in [-0.4, -0.2) is 20.2 Å². The van der Waals surface area contributed by atoms with Crippen LogP contribution in [0.5, 0.6) is 0 Å². The summed E-state index contributed by atoms with van der Waals surface area (Å²) in [5.74, 6) is 0.561. The standard InChI is InChI=1S/C12H18BrNO/c1-10(7-14-2)8-15-9-11-3-5-12(13)6-4-11/h3-6,10,14H,7-9H2,1-2H3. The van der Waals surface area contributed by atoms with Crippen molar-refractivity contribution in [1.29, 1.82) is 0 Å². The van der Waals surface area contributed by atoms with Crippen molar-refractivity contribution in [2.24, 2.45) is 5.92 Å². The molecule has 0 saturated heterocycles. The zero-order valence-electron chi connectivity index (χ0n) is 9.29. The molecule has 1 aromatic carbocycles. The van der Waals surface area contributed by atoms with Crippen LogP contribution in [0, 0.1) is 5.92 Å². The molecule has 0 fully saturated rings. The van der Waals surface area contributed by atoms with Gasteiger partial charge in [-0.2, -0.15) is 0 Å². The Hall–Kier alpha value is -0.380. The van der Waals surface area contributed by atoms with E-state index in [0.717, 1.165) is 17.6 Å². The highest BCUT2D eigenvalue weighted by molar-refractivity contribution is 9.10. The van der Waals surface area contributed by atoms with Crippen LogP contribution >= 0.6 is 15.9 Å². The molecular weight excluding hydrogens is 254 g/mol. The van der Waals surface area contributed by atoms with Crippen LogP contribution in [0.25, 0.3) is 0 Å². The first-order valence-electron chi connectivity index (χ1n) is 5.19. The van der Waals surface area contributed by atoms with Crippen molar-refractivity contribution >= 4 is 15.9 Å². The largest absolute Gasteiger partial charge is 0.376 e. The Morgan fingerprint density at radius 2 is 2.00 bits per heavy atom. The summed E-state index contributed by atoms with van der Waals surface area (Å²) in [7, 11) is 1.96. The van der Waals surface area contributed by atoms with E-state index in [2.05, 4.69) is 40.3 Å². The van der Waals surface area contributed by atoms with E-state index >= 15 is 0 Å². The summed E-state index contributed by atoms with van der Waals surface area (Å²) in [6, 6.07) is 8.23. The first kappa shape index (κ1) is 12.7. The Morgan fingerprint density at radius 3 is 2.60 bits per heavy atom. The minimum Gasteiger partial charge on any atom is -0.376 e. The summed E-state index contributed by atoms with van der Waals surface area (Å²) in [6.07, 6.45) is 0. The topological polar surface area (TPSA) is 21.3 Å². The molecule has 1 atom stereocenters. The molecule has 0 aliphatic heterocycles. The van der Waals surface area contributed by atoms with E-state index in [9.17, 15) is 0 Å². The Kier molecular flexibility index (Phi) is 5.91. The number of ether oxygens (including phenoxy) is 1. The molecule has 0 spiro atoms. The molecule has 1 rings (SSSR count). The summed E-state index contributed by atoms with van der Waals surface area (Å²) < 4.78 is 6.72. The van der Waals surface area contributed by atoms with E-state index in [1.165, 1.54) is 5.56 Å². The van der Waals surface area contributed by atoms with Gasteiger partial charge in [-0.25, -0.2) is 0 Å². The fraction of sp³-hybridized carbons (Fsp3) is 0.500. The minimum atomic E-state index is 0.561. The second kappa shape index (κ2) is 6.99. The molecule has 15 heavy (non-hydrogen) atoms. The SMILES string of the molecule is CNCC(C)COCc1ccc(Br)cc1. The molecule has 0 aromatic heterocycles. The lowest BCUT2D eigenvalue weighted by atomic mass is 10.2. The lowest BCUT2D eigenvalue weighted by molar-refractivity contribution is 0.0924. The van der Waals surface area contributed by atoms with Crippen molar-refractivity contribution in [2.75, 3.05) is 20.2 Å². The average Bonchev–Trinajstić information content (AvgIpc) is 2.21. The molecule has 0 aliphatic rings. The molecule has 0 saturated carbocycles. The second-order valence-corrected chi connectivity index (χ2v) is 4.72. The van der Waals surface area contributed by atoms with Crippen molar-refractivity contribution in [2.45, 2.75) is 13.5 Å². The third-order valence-electron chi connectivity index (χ3n) is 2.14. The van der Waals surface area contributed by atoms with Gasteiger partial charge in [0.2, 0.25) is 0 Å². The quantitative estimate of drug-likeness (QED) is 0.859. The summed E-state index contributed by atoms with van der Waals surface area (Å²) >= 11 is 3.41. The highest BCUT2D eigenvalue weighted by Gasteiger charge is 2.00. The molecule has 0 amide bonds. The zero-order valence-corrected chi connectivity index (χ0v) is 10.9. The summed E-state index contributed by atoms with van der Waals surface area (Å²) in [5, 5.41) is 3.14. The monoisotopic (exact) mass is 271 g/mol. The van der Waals surface area contributed by atoms with Crippen LogP contribution in [0.15, 0.2) is 28.7 Å². The molecule has 1 aromatic rings. The summed E-state index contributed by atoms with van der Waals surface area (Å²) in [6.45, 7) is 4.68. The first-order valence-corrected chi connectivity index (χ1v) is 5.98. The molecule has 0 heterocycles. The fourth-order valence-corrected chi connectivity index (χ4v) is 1.63. The van der Waals surface area contributed by atoms with Crippen LogP contribution in [-0.2, 0) is 11.3 Å². The van der Waals surface area contributed by atoms with Crippen LogP contribution in [0.1, 0.15) is 12.5 Å². The zero-order chi connectivity index (χ0) is 11.1. The van der Waals surface area contributed by atoms with Gasteiger partial charge in [0, 0.05) is 4.47 Å². The van der Waals surface area contributed by atoms with E-state index in [1.807, 2.05) is 19.2 Å². The fourth-order valence-electron chi connectivity index (χ4n) is 1.37. The highest BCUT2D eigenvalue weighted by Crippen LogP contribution is 2.11. The average molecular weight is 272 g/mol. The Morgan fingerprint density at radius 1 is 1.33 bits per heavy atom. The maximum atomic E-state index is 5.62. The Balaban J connectivity index is 2.22. The number of nitrogens with one attached hydrogen (secondary N) is 1. The highest BCUT2D eigenvalue weighted by atomic mass is 79.9. The van der Waals surface area contributed by atoms with E-state index in [-0.39, 0.29) is 0 Å². The molecule has 0 radical (unpaired) electrons. The normalized spacial score (nSPS) is 12.7. The number of rotatable bonds is 6. The van der Waals surface area contributed by atoms with Crippen LogP contribution in [0.2, 0.25) is 0 Å². The number of halogens is 1. The van der Waals surface area contributed by atoms with Gasteiger partial charge in [-0.1, -0.05) is 35.0 Å². The smallest absolute Gasteiger partial charge is 0.0717 e. The molecule has 0 aliphatic carbocycles. The van der Waals surface area contributed by atoms with E-state index in [4.69, 9.17) is 4.74 Å². The van der Waals surface area contributed by atoms with Gasteiger partial charge in [0.15, 0.2) is 0 Å². The van der Waals surface area contributed by atoms with E-state index in [0.29, 0.717) is 12.5 Å². The Bertz CT molecular complexity index is 273. The predicted molar refractivity (Wildman–Crippen MR) is 66.9 cm³/mol. The third-order valence-corrected chi connectivity index (χ3v) is 2.67. The van der Waals surface area contributed by atoms with E-state index < -0.39 is 0 Å². The number of hydrogen-bond donors (Lipinski definition) is 1. The van der Waals surface area contributed by atoms with Crippen molar-refractivity contribution < 1.29 is 4.74 Å². The van der Waals surface area contributed by atoms with Gasteiger partial charge >= 0.3 is 0 Å². The van der Waals surface area contributed by atoms with Gasteiger partial charge in [0.25, 0.3) is 0 Å². The van der Waals surface area contributed by atoms with Gasteiger partial charge in [0.1, 0.15) is 0 Å². The van der Waals surface area contributed by atoms with Gasteiger partial charge in [-0.3, -0.25) is 0 Å². The van der Waals surface area contributed by atoms with Crippen molar-refractivity contribution in [3.05, 3.63) is 34.3 Å². The molecule has 2 nitrogen and oxygen atoms in total. The van der Waals surface area contributed by atoms with Crippen molar-refractivity contribution in [3.63, 3.8) is 0 Å². The molecule has 84 valence electrons. The third kappa shape index (κ3) is 5.30. The van der Waals surface area contributed by atoms with Crippen LogP contribution in [0.3, 0.4) is 0 Å². The molecule has 0 bridgehead atoms. The van der Waals surface area contributed by atoms with Gasteiger partial charge < -0.3 is 10.1 Å². The van der Waals surface area contributed by atoms with Gasteiger partial charge in [-0.05, 0) is 37.2 Å². The number of hydrogen-bond acceptors (Lipinski definition) is 2. The predicted octanol–water partition coefficient (Wildman–Crippen LogP) is 2.82. The molecule has 1 N–H and O–H groups in total.